The summed E-state index contributed by atoms with van der Waals surface area (Å²) in [4.78, 5) is 20.5. The molecule has 0 unspecified atom stereocenters. The zero-order valence-electron chi connectivity index (χ0n) is 22.4. The van der Waals surface area contributed by atoms with Gasteiger partial charge in [-0.1, -0.05) is 142 Å². The highest BCUT2D eigenvalue weighted by atomic mass is 24.3. The van der Waals surface area contributed by atoms with Crippen LogP contribution >= 0.6 is 0 Å². The first-order chi connectivity index (χ1) is 15.5. The molecule has 194 valence electrons. The first-order valence-corrected chi connectivity index (χ1v) is 14.0. The van der Waals surface area contributed by atoms with Crippen LogP contribution in [-0.2, 0) is 9.59 Å². The zero-order chi connectivity index (χ0) is 24.1. The molecule has 0 saturated heterocycles. The van der Waals surface area contributed by atoms with Crippen molar-refractivity contribution < 1.29 is 19.8 Å². The summed E-state index contributed by atoms with van der Waals surface area (Å²) in [7, 11) is 0. The van der Waals surface area contributed by atoms with E-state index in [1.54, 1.807) is 0 Å². The van der Waals surface area contributed by atoms with Gasteiger partial charge < -0.3 is 10.2 Å². The molecule has 0 aromatic rings. The maximum atomic E-state index is 10.3. The smallest absolute Gasteiger partial charge is 0.303 e. The molecule has 0 aromatic carbocycles. The number of hydrogen-bond acceptors (Lipinski definition) is 2. The summed E-state index contributed by atoms with van der Waals surface area (Å²) in [5.74, 6) is -1.31. The topological polar surface area (TPSA) is 74.6 Å². The minimum atomic E-state index is -0.657. The third kappa shape index (κ3) is 42.3. The van der Waals surface area contributed by atoms with Crippen LogP contribution in [0.3, 0.4) is 0 Å². The molecule has 0 bridgehead atoms. The summed E-state index contributed by atoms with van der Waals surface area (Å²) < 4.78 is 0. The van der Waals surface area contributed by atoms with Crippen molar-refractivity contribution in [1.29, 1.82) is 0 Å². The van der Waals surface area contributed by atoms with E-state index in [4.69, 9.17) is 10.2 Å². The number of aliphatic carboxylic acids is 2. The van der Waals surface area contributed by atoms with Crippen LogP contribution in [-0.4, -0.2) is 45.2 Å². The van der Waals surface area contributed by atoms with E-state index in [0.29, 0.717) is 12.8 Å². The van der Waals surface area contributed by atoms with E-state index in [1.807, 2.05) is 0 Å². The highest BCUT2D eigenvalue weighted by Crippen LogP contribution is 2.12. The standard InChI is InChI=1S/2C14H28O2.Mg/c2*1-2-3-4-5-6-7-8-9-10-11-12-13-14(15)16;/h2*2-13H2,1H3,(H,15,16);. The van der Waals surface area contributed by atoms with E-state index in [9.17, 15) is 9.59 Å². The highest BCUT2D eigenvalue weighted by molar-refractivity contribution is 5.75. The average Bonchev–Trinajstić information content (AvgIpc) is 2.76. The summed E-state index contributed by atoms with van der Waals surface area (Å²) in [6.07, 6.45) is 28.7. The normalized spacial score (nSPS) is 10.2. The summed E-state index contributed by atoms with van der Waals surface area (Å²) in [5.41, 5.74) is 0. The Hall–Kier alpha value is -0.294. The molecule has 0 aliphatic rings. The van der Waals surface area contributed by atoms with Crippen molar-refractivity contribution in [3.8, 4) is 0 Å². The van der Waals surface area contributed by atoms with Gasteiger partial charge in [0.25, 0.3) is 0 Å². The molecule has 0 aliphatic carbocycles. The lowest BCUT2D eigenvalue weighted by Crippen LogP contribution is -1.93. The van der Waals surface area contributed by atoms with Crippen LogP contribution in [0.25, 0.3) is 0 Å². The van der Waals surface area contributed by atoms with Gasteiger partial charge in [0, 0.05) is 35.9 Å². The first kappa shape index (κ1) is 37.3. The van der Waals surface area contributed by atoms with Crippen LogP contribution < -0.4 is 0 Å². The number of carboxylic acid groups (broad SMARTS) is 2. The molecule has 2 radical (unpaired) electrons. The van der Waals surface area contributed by atoms with Crippen LogP contribution in [0.2, 0.25) is 0 Å². The number of rotatable bonds is 24. The molecular weight excluding hydrogens is 425 g/mol. The van der Waals surface area contributed by atoms with E-state index in [2.05, 4.69) is 13.8 Å². The Kier molecular flexibility index (Phi) is 38.2. The van der Waals surface area contributed by atoms with Gasteiger partial charge in [0.05, 0.1) is 0 Å². The van der Waals surface area contributed by atoms with Gasteiger partial charge in [-0.15, -0.1) is 0 Å². The fraction of sp³-hybridized carbons (Fsp3) is 0.929. The lowest BCUT2D eigenvalue weighted by atomic mass is 10.1. The van der Waals surface area contributed by atoms with Crippen LogP contribution in [0.5, 0.6) is 0 Å². The first-order valence-electron chi connectivity index (χ1n) is 14.0. The van der Waals surface area contributed by atoms with Gasteiger partial charge in [-0.05, 0) is 12.8 Å². The minimum Gasteiger partial charge on any atom is -0.481 e. The molecule has 2 N–H and O–H groups in total. The molecule has 33 heavy (non-hydrogen) atoms. The molecule has 0 saturated carbocycles. The molecule has 0 fully saturated rings. The van der Waals surface area contributed by atoms with Gasteiger partial charge in [0.1, 0.15) is 0 Å². The molecule has 0 atom stereocenters. The predicted molar refractivity (Wildman–Crippen MR) is 143 cm³/mol. The Morgan fingerprint density at radius 3 is 0.758 bits per heavy atom. The summed E-state index contributed by atoms with van der Waals surface area (Å²) in [6, 6.07) is 0. The van der Waals surface area contributed by atoms with Crippen molar-refractivity contribution in [2.75, 3.05) is 0 Å². The van der Waals surface area contributed by atoms with Gasteiger partial charge >= 0.3 is 11.9 Å². The van der Waals surface area contributed by atoms with Gasteiger partial charge in [-0.3, -0.25) is 9.59 Å². The monoisotopic (exact) mass is 480 g/mol. The van der Waals surface area contributed by atoms with Crippen LogP contribution in [0.15, 0.2) is 0 Å². The average molecular weight is 481 g/mol. The lowest BCUT2D eigenvalue weighted by Gasteiger charge is -2.01. The number of carbonyl (C=O) groups is 2. The van der Waals surface area contributed by atoms with Crippen molar-refractivity contribution >= 4 is 35.0 Å². The Morgan fingerprint density at radius 1 is 0.394 bits per heavy atom. The van der Waals surface area contributed by atoms with Crippen molar-refractivity contribution in [3.05, 3.63) is 0 Å². The molecule has 0 aromatic heterocycles. The summed E-state index contributed by atoms with van der Waals surface area (Å²) in [5, 5.41) is 16.9. The fourth-order valence-corrected chi connectivity index (χ4v) is 3.88. The Bertz CT molecular complexity index is 352. The number of carboxylic acids is 2. The molecule has 0 spiro atoms. The van der Waals surface area contributed by atoms with Gasteiger partial charge in [0.2, 0.25) is 0 Å². The van der Waals surface area contributed by atoms with E-state index < -0.39 is 11.9 Å². The van der Waals surface area contributed by atoms with Crippen LogP contribution in [0.1, 0.15) is 168 Å². The molecular formula is C28H56MgO4. The third-order valence-corrected chi connectivity index (χ3v) is 5.99. The minimum absolute atomic E-state index is 0. The van der Waals surface area contributed by atoms with Gasteiger partial charge in [-0.2, -0.15) is 0 Å². The van der Waals surface area contributed by atoms with Gasteiger partial charge in [0.15, 0.2) is 0 Å². The quantitative estimate of drug-likeness (QED) is 0.107. The van der Waals surface area contributed by atoms with Crippen LogP contribution in [0, 0.1) is 0 Å². The van der Waals surface area contributed by atoms with E-state index in [-0.39, 0.29) is 23.1 Å². The Morgan fingerprint density at radius 2 is 0.576 bits per heavy atom. The predicted octanol–water partition coefficient (Wildman–Crippen LogP) is 9.16. The lowest BCUT2D eigenvalue weighted by molar-refractivity contribution is -0.138. The highest BCUT2D eigenvalue weighted by Gasteiger charge is 1.97. The largest absolute Gasteiger partial charge is 0.481 e. The SMILES string of the molecule is CCCCCCCCCCCCCC(=O)O.CCCCCCCCCCCCCC(=O)O.[Mg]. The molecule has 0 amide bonds. The van der Waals surface area contributed by atoms with Crippen LogP contribution in [0.4, 0.5) is 0 Å². The molecule has 0 heterocycles. The van der Waals surface area contributed by atoms with E-state index in [1.165, 1.54) is 116 Å². The second-order valence-corrected chi connectivity index (χ2v) is 9.36. The van der Waals surface area contributed by atoms with E-state index in [0.717, 1.165) is 25.7 Å². The molecule has 4 nitrogen and oxygen atoms in total. The number of unbranched alkanes of at least 4 members (excludes halogenated alkanes) is 20. The van der Waals surface area contributed by atoms with Crippen molar-refractivity contribution in [2.45, 2.75) is 168 Å². The van der Waals surface area contributed by atoms with Gasteiger partial charge in [-0.25, -0.2) is 0 Å². The van der Waals surface area contributed by atoms with Crippen molar-refractivity contribution in [1.82, 2.24) is 0 Å². The summed E-state index contributed by atoms with van der Waals surface area (Å²) in [6.45, 7) is 4.49. The van der Waals surface area contributed by atoms with Crippen molar-refractivity contribution in [3.63, 3.8) is 0 Å². The van der Waals surface area contributed by atoms with E-state index >= 15 is 0 Å². The second-order valence-electron chi connectivity index (χ2n) is 9.36. The molecule has 0 aliphatic heterocycles. The van der Waals surface area contributed by atoms with Crippen molar-refractivity contribution in [2.24, 2.45) is 0 Å². The Labute approximate surface area is 222 Å². The zero-order valence-corrected chi connectivity index (χ0v) is 23.8. The third-order valence-electron chi connectivity index (χ3n) is 5.99. The number of hydrogen-bond donors (Lipinski definition) is 2. The second kappa shape index (κ2) is 33.9. The molecule has 5 heteroatoms. The molecule has 0 rings (SSSR count). The summed E-state index contributed by atoms with van der Waals surface area (Å²) >= 11 is 0. The fourth-order valence-electron chi connectivity index (χ4n) is 3.88. The maximum absolute atomic E-state index is 10.3. The Balaban J connectivity index is -0.000000529. The maximum Gasteiger partial charge on any atom is 0.303 e.